The first-order chi connectivity index (χ1) is 8.43. The Labute approximate surface area is 112 Å². The second-order valence-corrected chi connectivity index (χ2v) is 6.18. The summed E-state index contributed by atoms with van der Waals surface area (Å²) in [6.45, 7) is 9.91. The van der Waals surface area contributed by atoms with Crippen LogP contribution in [-0.4, -0.2) is 32.1 Å². The summed E-state index contributed by atoms with van der Waals surface area (Å²) in [6, 6.07) is 8.90. The molecule has 0 aliphatic carbocycles. The molecule has 0 aromatic heterocycles. The largest absolute Gasteiger partial charge is 0.312 e. The third kappa shape index (κ3) is 5.65. The van der Waals surface area contributed by atoms with Gasteiger partial charge < -0.3 is 10.2 Å². The lowest BCUT2D eigenvalue weighted by Crippen LogP contribution is -2.37. The number of hydrogen-bond donors (Lipinski definition) is 1. The highest BCUT2D eigenvalue weighted by atomic mass is 15.1. The molecule has 0 bridgehead atoms. The van der Waals surface area contributed by atoms with Crippen molar-refractivity contribution in [2.24, 2.45) is 5.41 Å². The van der Waals surface area contributed by atoms with Gasteiger partial charge in [-0.1, -0.05) is 45.0 Å². The molecule has 1 aromatic rings. The van der Waals surface area contributed by atoms with Gasteiger partial charge in [-0.25, -0.2) is 0 Å². The molecular formula is C16H28N2. The Bertz CT molecular complexity index is 339. The molecule has 0 amide bonds. The third-order valence-electron chi connectivity index (χ3n) is 3.11. The van der Waals surface area contributed by atoms with E-state index in [1.54, 1.807) is 0 Å². The molecule has 0 aliphatic heterocycles. The van der Waals surface area contributed by atoms with E-state index < -0.39 is 0 Å². The van der Waals surface area contributed by atoms with Crippen LogP contribution in [0.5, 0.6) is 0 Å². The summed E-state index contributed by atoms with van der Waals surface area (Å²) in [7, 11) is 4.26. The number of nitrogens with one attached hydrogen (secondary N) is 1. The SMILES string of the molecule is CCc1ccc(CNCC(C)(C)CN(C)C)cc1. The molecule has 0 fully saturated rings. The van der Waals surface area contributed by atoms with Crippen molar-refractivity contribution in [3.8, 4) is 0 Å². The standard InChI is InChI=1S/C16H28N2/c1-6-14-7-9-15(10-8-14)11-17-12-16(2,3)13-18(4)5/h7-10,17H,6,11-13H2,1-5H3. The van der Waals surface area contributed by atoms with Crippen LogP contribution in [0.4, 0.5) is 0 Å². The minimum absolute atomic E-state index is 0.312. The summed E-state index contributed by atoms with van der Waals surface area (Å²) < 4.78 is 0. The zero-order valence-electron chi connectivity index (χ0n) is 12.6. The Morgan fingerprint density at radius 1 is 1.06 bits per heavy atom. The van der Waals surface area contributed by atoms with E-state index in [-0.39, 0.29) is 0 Å². The fourth-order valence-electron chi connectivity index (χ4n) is 2.35. The molecule has 102 valence electrons. The molecule has 0 aliphatic rings. The number of benzene rings is 1. The van der Waals surface area contributed by atoms with E-state index in [1.165, 1.54) is 11.1 Å². The van der Waals surface area contributed by atoms with Crippen LogP contribution in [0.2, 0.25) is 0 Å². The first-order valence-corrected chi connectivity index (χ1v) is 6.86. The fraction of sp³-hybridized carbons (Fsp3) is 0.625. The minimum atomic E-state index is 0.312. The van der Waals surface area contributed by atoms with Crippen molar-refractivity contribution < 1.29 is 0 Å². The Kier molecular flexibility index (Phi) is 5.83. The molecule has 0 saturated carbocycles. The second-order valence-electron chi connectivity index (χ2n) is 6.18. The molecule has 18 heavy (non-hydrogen) atoms. The minimum Gasteiger partial charge on any atom is -0.312 e. The van der Waals surface area contributed by atoms with Gasteiger partial charge in [-0.05, 0) is 37.1 Å². The monoisotopic (exact) mass is 248 g/mol. The summed E-state index contributed by atoms with van der Waals surface area (Å²) >= 11 is 0. The zero-order valence-corrected chi connectivity index (χ0v) is 12.6. The molecule has 0 unspecified atom stereocenters. The van der Waals surface area contributed by atoms with Gasteiger partial charge in [-0.15, -0.1) is 0 Å². The van der Waals surface area contributed by atoms with Crippen LogP contribution in [0.3, 0.4) is 0 Å². The fourth-order valence-corrected chi connectivity index (χ4v) is 2.35. The van der Waals surface area contributed by atoms with Gasteiger partial charge in [0.05, 0.1) is 0 Å². The van der Waals surface area contributed by atoms with E-state index in [0.29, 0.717) is 5.41 Å². The van der Waals surface area contributed by atoms with E-state index in [1.807, 2.05) is 0 Å². The predicted molar refractivity (Wildman–Crippen MR) is 79.9 cm³/mol. The number of rotatable bonds is 7. The van der Waals surface area contributed by atoms with Crippen molar-refractivity contribution >= 4 is 0 Å². The van der Waals surface area contributed by atoms with E-state index in [0.717, 1.165) is 26.1 Å². The number of nitrogens with zero attached hydrogens (tertiary/aromatic N) is 1. The van der Waals surface area contributed by atoms with Crippen LogP contribution in [0, 0.1) is 5.41 Å². The maximum Gasteiger partial charge on any atom is 0.0205 e. The van der Waals surface area contributed by atoms with Crippen molar-refractivity contribution in [3.05, 3.63) is 35.4 Å². The van der Waals surface area contributed by atoms with Crippen molar-refractivity contribution in [1.29, 1.82) is 0 Å². The predicted octanol–water partition coefficient (Wildman–Crippen LogP) is 2.93. The van der Waals surface area contributed by atoms with Crippen LogP contribution >= 0.6 is 0 Å². The maximum absolute atomic E-state index is 3.56. The first-order valence-electron chi connectivity index (χ1n) is 6.86. The zero-order chi connectivity index (χ0) is 13.6. The van der Waals surface area contributed by atoms with Crippen LogP contribution in [-0.2, 0) is 13.0 Å². The van der Waals surface area contributed by atoms with Crippen molar-refractivity contribution in [2.45, 2.75) is 33.7 Å². The second kappa shape index (κ2) is 6.91. The van der Waals surface area contributed by atoms with Crippen LogP contribution < -0.4 is 5.32 Å². The summed E-state index contributed by atoms with van der Waals surface area (Å²) in [5.74, 6) is 0. The summed E-state index contributed by atoms with van der Waals surface area (Å²) in [4.78, 5) is 2.25. The molecule has 1 rings (SSSR count). The lowest BCUT2D eigenvalue weighted by molar-refractivity contribution is 0.232. The average Bonchev–Trinajstić information content (AvgIpc) is 2.28. The van der Waals surface area contributed by atoms with Crippen LogP contribution in [0.25, 0.3) is 0 Å². The normalized spacial score (nSPS) is 12.1. The van der Waals surface area contributed by atoms with Crippen LogP contribution in [0.15, 0.2) is 24.3 Å². The molecule has 0 heterocycles. The molecule has 0 spiro atoms. The third-order valence-corrected chi connectivity index (χ3v) is 3.11. The highest BCUT2D eigenvalue weighted by Gasteiger charge is 2.17. The summed E-state index contributed by atoms with van der Waals surface area (Å²) in [5, 5.41) is 3.56. The van der Waals surface area contributed by atoms with E-state index >= 15 is 0 Å². The van der Waals surface area contributed by atoms with Gasteiger partial charge in [0.2, 0.25) is 0 Å². The number of aryl methyl sites for hydroxylation is 1. The van der Waals surface area contributed by atoms with Gasteiger partial charge >= 0.3 is 0 Å². The van der Waals surface area contributed by atoms with Crippen LogP contribution in [0.1, 0.15) is 31.9 Å². The molecular weight excluding hydrogens is 220 g/mol. The first kappa shape index (κ1) is 15.2. The molecule has 1 aromatic carbocycles. The van der Waals surface area contributed by atoms with Crippen molar-refractivity contribution in [2.75, 3.05) is 27.2 Å². The Balaban J connectivity index is 2.36. The molecule has 1 N–H and O–H groups in total. The Morgan fingerprint density at radius 2 is 1.61 bits per heavy atom. The molecule has 2 heteroatoms. The van der Waals surface area contributed by atoms with Gasteiger partial charge in [0.25, 0.3) is 0 Å². The maximum atomic E-state index is 3.56. The lowest BCUT2D eigenvalue weighted by atomic mass is 9.93. The average molecular weight is 248 g/mol. The molecule has 0 saturated heterocycles. The Hall–Kier alpha value is -0.860. The lowest BCUT2D eigenvalue weighted by Gasteiger charge is -2.28. The Morgan fingerprint density at radius 3 is 2.11 bits per heavy atom. The quantitative estimate of drug-likeness (QED) is 0.798. The highest BCUT2D eigenvalue weighted by Crippen LogP contribution is 2.14. The van der Waals surface area contributed by atoms with Gasteiger partial charge in [0.1, 0.15) is 0 Å². The van der Waals surface area contributed by atoms with Crippen molar-refractivity contribution in [1.82, 2.24) is 10.2 Å². The molecule has 2 nitrogen and oxygen atoms in total. The smallest absolute Gasteiger partial charge is 0.0205 e. The van der Waals surface area contributed by atoms with E-state index in [4.69, 9.17) is 0 Å². The topological polar surface area (TPSA) is 15.3 Å². The highest BCUT2D eigenvalue weighted by molar-refractivity contribution is 5.22. The molecule has 0 atom stereocenters. The van der Waals surface area contributed by atoms with Gasteiger partial charge in [0, 0.05) is 19.6 Å². The summed E-state index contributed by atoms with van der Waals surface area (Å²) in [5.41, 5.74) is 3.09. The van der Waals surface area contributed by atoms with E-state index in [2.05, 4.69) is 69.3 Å². The van der Waals surface area contributed by atoms with Gasteiger partial charge in [0.15, 0.2) is 0 Å². The van der Waals surface area contributed by atoms with Gasteiger partial charge in [-0.2, -0.15) is 0 Å². The summed E-state index contributed by atoms with van der Waals surface area (Å²) in [6.07, 6.45) is 1.11. The molecule has 0 radical (unpaired) electrons. The number of hydrogen-bond acceptors (Lipinski definition) is 2. The van der Waals surface area contributed by atoms with Crippen molar-refractivity contribution in [3.63, 3.8) is 0 Å². The van der Waals surface area contributed by atoms with Gasteiger partial charge in [-0.3, -0.25) is 0 Å². The van der Waals surface area contributed by atoms with E-state index in [9.17, 15) is 0 Å².